The summed E-state index contributed by atoms with van der Waals surface area (Å²) in [6, 6.07) is 0.142. The van der Waals surface area contributed by atoms with Gasteiger partial charge in [0, 0.05) is 12.1 Å². The molecule has 6 nitrogen and oxygen atoms in total. The Morgan fingerprint density at radius 2 is 2.25 bits per heavy atom. The molecule has 0 aliphatic carbocycles. The molecule has 1 fully saturated rings. The fourth-order valence-electron chi connectivity index (χ4n) is 1.99. The molecule has 0 bridgehead atoms. The Hall–Kier alpha value is -0.820. The molecule has 7 heteroatoms. The predicted molar refractivity (Wildman–Crippen MR) is 62.3 cm³/mol. The van der Waals surface area contributed by atoms with Crippen molar-refractivity contribution < 1.29 is 13.6 Å². The minimum Gasteiger partial charge on any atom is -0.409 e. The van der Waals surface area contributed by atoms with Crippen molar-refractivity contribution in [1.82, 2.24) is 4.90 Å². The highest BCUT2D eigenvalue weighted by Crippen LogP contribution is 2.19. The molecule has 1 aliphatic heterocycles. The molecule has 16 heavy (non-hydrogen) atoms. The van der Waals surface area contributed by atoms with Gasteiger partial charge in [-0.3, -0.25) is 4.90 Å². The molecule has 0 radical (unpaired) electrons. The minimum absolute atomic E-state index is 0.0229. The first-order valence-electron chi connectivity index (χ1n) is 5.28. The Morgan fingerprint density at radius 3 is 2.62 bits per heavy atom. The number of hydrogen-bond acceptors (Lipinski definition) is 5. The summed E-state index contributed by atoms with van der Waals surface area (Å²) in [5, 5.41) is 11.5. The molecular weight excluding hydrogens is 230 g/mol. The van der Waals surface area contributed by atoms with Crippen molar-refractivity contribution in [2.75, 3.05) is 18.1 Å². The standard InChI is InChI=1S/C9H19N3O3S/c1-7(2)12(5-9(10)11-13)8-3-4-16(14,15)6-8/h7-8,13H,3-6H2,1-2H3,(H2,10,11). The largest absolute Gasteiger partial charge is 0.409 e. The van der Waals surface area contributed by atoms with Crippen molar-refractivity contribution in [2.24, 2.45) is 10.9 Å². The van der Waals surface area contributed by atoms with Gasteiger partial charge >= 0.3 is 0 Å². The van der Waals surface area contributed by atoms with Crippen LogP contribution in [0.15, 0.2) is 5.16 Å². The van der Waals surface area contributed by atoms with Crippen LogP contribution in [0, 0.1) is 0 Å². The SMILES string of the molecule is CC(C)N(CC(N)=NO)C1CCS(=O)(=O)C1. The summed E-state index contributed by atoms with van der Waals surface area (Å²) < 4.78 is 22.8. The average Bonchev–Trinajstić information content (AvgIpc) is 2.54. The topological polar surface area (TPSA) is 96.0 Å². The van der Waals surface area contributed by atoms with Crippen LogP contribution in [-0.4, -0.2) is 54.5 Å². The number of rotatable bonds is 4. The molecule has 0 aromatic heterocycles. The molecule has 0 saturated carbocycles. The van der Waals surface area contributed by atoms with Crippen LogP contribution >= 0.6 is 0 Å². The van der Waals surface area contributed by atoms with E-state index < -0.39 is 9.84 Å². The summed E-state index contributed by atoms with van der Waals surface area (Å²) >= 11 is 0. The highest BCUT2D eigenvalue weighted by molar-refractivity contribution is 7.91. The molecule has 0 aromatic carbocycles. The lowest BCUT2D eigenvalue weighted by atomic mass is 10.1. The summed E-state index contributed by atoms with van der Waals surface area (Å²) in [6.07, 6.45) is 0.624. The third-order valence-electron chi connectivity index (χ3n) is 2.81. The van der Waals surface area contributed by atoms with Gasteiger partial charge in [0.25, 0.3) is 0 Å². The van der Waals surface area contributed by atoms with Crippen molar-refractivity contribution in [3.8, 4) is 0 Å². The van der Waals surface area contributed by atoms with Crippen LogP contribution in [0.1, 0.15) is 20.3 Å². The van der Waals surface area contributed by atoms with Crippen molar-refractivity contribution in [2.45, 2.75) is 32.4 Å². The molecule has 1 aliphatic rings. The van der Waals surface area contributed by atoms with E-state index in [0.29, 0.717) is 13.0 Å². The second kappa shape index (κ2) is 5.01. The van der Waals surface area contributed by atoms with Crippen molar-refractivity contribution in [1.29, 1.82) is 0 Å². The van der Waals surface area contributed by atoms with Crippen LogP contribution in [0.3, 0.4) is 0 Å². The number of oxime groups is 1. The maximum Gasteiger partial charge on any atom is 0.153 e. The van der Waals surface area contributed by atoms with Crippen LogP contribution < -0.4 is 5.73 Å². The minimum atomic E-state index is -2.90. The first-order valence-corrected chi connectivity index (χ1v) is 7.10. The van der Waals surface area contributed by atoms with E-state index in [1.165, 1.54) is 0 Å². The van der Waals surface area contributed by atoms with Gasteiger partial charge in [-0.15, -0.1) is 0 Å². The highest BCUT2D eigenvalue weighted by Gasteiger charge is 2.33. The molecule has 94 valence electrons. The zero-order valence-electron chi connectivity index (χ0n) is 9.63. The van der Waals surface area contributed by atoms with E-state index in [9.17, 15) is 8.42 Å². The summed E-state index contributed by atoms with van der Waals surface area (Å²) in [6.45, 7) is 4.24. The third kappa shape index (κ3) is 3.34. The van der Waals surface area contributed by atoms with E-state index in [1.807, 2.05) is 18.7 Å². The second-order valence-electron chi connectivity index (χ2n) is 4.41. The molecule has 1 atom stereocenters. The van der Waals surface area contributed by atoms with E-state index in [0.717, 1.165) is 0 Å². The van der Waals surface area contributed by atoms with Crippen LogP contribution in [0.4, 0.5) is 0 Å². The number of nitrogens with zero attached hydrogens (tertiary/aromatic N) is 2. The highest BCUT2D eigenvalue weighted by atomic mass is 32.2. The Labute approximate surface area is 96.0 Å². The van der Waals surface area contributed by atoms with E-state index in [2.05, 4.69) is 5.16 Å². The van der Waals surface area contributed by atoms with E-state index >= 15 is 0 Å². The third-order valence-corrected chi connectivity index (χ3v) is 4.56. The average molecular weight is 249 g/mol. The summed E-state index contributed by atoms with van der Waals surface area (Å²) in [4.78, 5) is 1.96. The lowest BCUT2D eigenvalue weighted by molar-refractivity contribution is 0.191. The molecule has 3 N–H and O–H groups in total. The lowest BCUT2D eigenvalue weighted by Crippen LogP contribution is -2.46. The van der Waals surface area contributed by atoms with Crippen molar-refractivity contribution in [3.63, 3.8) is 0 Å². The van der Waals surface area contributed by atoms with Crippen LogP contribution in [0.25, 0.3) is 0 Å². The first kappa shape index (κ1) is 13.2. The van der Waals surface area contributed by atoms with E-state index in [-0.39, 0.29) is 29.4 Å². The first-order chi connectivity index (χ1) is 7.35. The molecule has 1 saturated heterocycles. The smallest absolute Gasteiger partial charge is 0.153 e. The zero-order valence-corrected chi connectivity index (χ0v) is 10.4. The maximum absolute atomic E-state index is 11.4. The molecule has 1 heterocycles. The molecule has 0 spiro atoms. The molecule has 0 amide bonds. The summed E-state index contributed by atoms with van der Waals surface area (Å²) in [7, 11) is -2.90. The van der Waals surface area contributed by atoms with Gasteiger partial charge in [0.1, 0.15) is 0 Å². The fourth-order valence-corrected chi connectivity index (χ4v) is 3.73. The predicted octanol–water partition coefficient (Wildman–Crippen LogP) is -0.370. The number of nitrogens with two attached hydrogens (primary N) is 1. The lowest BCUT2D eigenvalue weighted by Gasteiger charge is -2.31. The molecule has 1 rings (SSSR count). The van der Waals surface area contributed by atoms with Gasteiger partial charge in [0.2, 0.25) is 0 Å². The quantitative estimate of drug-likeness (QED) is 0.307. The Balaban J connectivity index is 2.72. The van der Waals surface area contributed by atoms with Gasteiger partial charge in [-0.1, -0.05) is 5.16 Å². The monoisotopic (exact) mass is 249 g/mol. The summed E-state index contributed by atoms with van der Waals surface area (Å²) in [5.74, 6) is 0.513. The van der Waals surface area contributed by atoms with E-state index in [1.54, 1.807) is 0 Å². The van der Waals surface area contributed by atoms with E-state index in [4.69, 9.17) is 10.9 Å². The van der Waals surface area contributed by atoms with Gasteiger partial charge in [-0.05, 0) is 20.3 Å². The fraction of sp³-hybridized carbons (Fsp3) is 0.889. The van der Waals surface area contributed by atoms with Crippen molar-refractivity contribution >= 4 is 15.7 Å². The Morgan fingerprint density at radius 1 is 1.62 bits per heavy atom. The Kier molecular flexibility index (Phi) is 4.15. The zero-order chi connectivity index (χ0) is 12.3. The second-order valence-corrected chi connectivity index (χ2v) is 6.64. The summed E-state index contributed by atoms with van der Waals surface area (Å²) in [5.41, 5.74) is 5.46. The molecule has 0 aromatic rings. The van der Waals surface area contributed by atoms with Gasteiger partial charge in [-0.2, -0.15) is 0 Å². The van der Waals surface area contributed by atoms with Crippen LogP contribution in [0.2, 0.25) is 0 Å². The van der Waals surface area contributed by atoms with Gasteiger partial charge in [0.05, 0.1) is 18.1 Å². The molecular formula is C9H19N3O3S. The van der Waals surface area contributed by atoms with Crippen LogP contribution in [-0.2, 0) is 9.84 Å². The van der Waals surface area contributed by atoms with Crippen LogP contribution in [0.5, 0.6) is 0 Å². The molecule has 1 unspecified atom stereocenters. The van der Waals surface area contributed by atoms with Gasteiger partial charge in [0.15, 0.2) is 15.7 Å². The van der Waals surface area contributed by atoms with Gasteiger partial charge in [-0.25, -0.2) is 8.42 Å². The maximum atomic E-state index is 11.4. The number of amidine groups is 1. The van der Waals surface area contributed by atoms with Gasteiger partial charge < -0.3 is 10.9 Å². The normalized spacial score (nSPS) is 25.5. The number of sulfone groups is 1. The number of hydrogen-bond donors (Lipinski definition) is 2. The van der Waals surface area contributed by atoms with Crippen molar-refractivity contribution in [3.05, 3.63) is 0 Å². The Bertz CT molecular complexity index is 364.